The number of carbonyl (C=O) groups is 3. The zero-order valence-corrected chi connectivity index (χ0v) is 37.7. The van der Waals surface area contributed by atoms with E-state index in [-0.39, 0.29) is 59.7 Å². The topological polar surface area (TPSA) is 123 Å². The Labute approximate surface area is 389 Å². The largest absolute Gasteiger partial charge is 0.398 e. The molecule has 0 aliphatic carbocycles. The molecule has 0 saturated carbocycles. The van der Waals surface area contributed by atoms with Gasteiger partial charge in [0.25, 0.3) is 0 Å². The Balaban J connectivity index is 0.000000184. The fraction of sp³-hybridized carbons (Fsp3) is 0.380. The van der Waals surface area contributed by atoms with Gasteiger partial charge in [0, 0.05) is 111 Å². The third-order valence-electron chi connectivity index (χ3n) is 12.9. The van der Waals surface area contributed by atoms with Crippen molar-refractivity contribution < 1.29 is 27.9 Å². The smallest absolute Gasteiger partial charge is 0.319 e. The molecule has 15 heteroatoms. The number of nitrogens with two attached hydrogens (primary N) is 1. The maximum absolute atomic E-state index is 13.2. The highest BCUT2D eigenvalue weighted by Crippen LogP contribution is 2.33. The molecule has 4 bridgehead atoms. The van der Waals surface area contributed by atoms with E-state index in [9.17, 15) is 23.2 Å². The van der Waals surface area contributed by atoms with Gasteiger partial charge < -0.3 is 30.9 Å². The molecule has 5 heterocycles. The first-order valence-electron chi connectivity index (χ1n) is 22.4. The number of ether oxygens (including phenoxy) is 1. The molecule has 9 rings (SSSR count). The number of nitrogen functional groups attached to an aromatic ring is 1. The summed E-state index contributed by atoms with van der Waals surface area (Å²) >= 11 is 12.1. The van der Waals surface area contributed by atoms with Crippen molar-refractivity contribution in [2.75, 3.05) is 50.4 Å². The minimum Gasteiger partial charge on any atom is -0.398 e. The van der Waals surface area contributed by atoms with Crippen LogP contribution < -0.4 is 16.4 Å². The monoisotopic (exact) mass is 925 g/mol. The number of piperazine rings is 2. The predicted molar refractivity (Wildman–Crippen MR) is 252 cm³/mol. The standard InChI is InChI=1S/C28H32ClFN4O3.C22H23ClFN3O/c29-21-5-3-20(26(15-21)32-28(36)31-23-11-13-37-14-12-23)4-10-27(35)34-24-8-9-25(34)18-33(17-24)16-19-1-6-22(30)7-2-19;23-17-5-3-16(21(25)11-17)4-10-22(28)27-19-8-9-20(27)14-26(13-19)12-15-1-6-18(24)7-2-15/h1-7,10,15,23-25H,8-9,11-14,16-18H2,(H2,31,32,36);1-7,10-11,19-20H,8-9,12-14,25H2/b2*10-4+. The lowest BCUT2D eigenvalue weighted by Gasteiger charge is -2.40. The number of halogens is 4. The second-order valence-electron chi connectivity index (χ2n) is 17.6. The van der Waals surface area contributed by atoms with Crippen LogP contribution in [0.1, 0.15) is 60.8 Å². The third-order valence-corrected chi connectivity index (χ3v) is 13.4. The maximum Gasteiger partial charge on any atom is 0.319 e. The van der Waals surface area contributed by atoms with E-state index in [1.165, 1.54) is 24.3 Å². The lowest BCUT2D eigenvalue weighted by Crippen LogP contribution is -2.55. The van der Waals surface area contributed by atoms with Crippen LogP contribution >= 0.6 is 23.2 Å². The fourth-order valence-electron chi connectivity index (χ4n) is 9.81. The molecule has 4 N–H and O–H groups in total. The SMILES string of the molecule is Nc1cc(Cl)ccc1/C=C/C(=O)N1C2CCC1CN(Cc1ccc(F)cc1)C2.O=C(Nc1cc(Cl)ccc1/C=C/C(=O)N1C2CCC1CN(Cc1ccc(F)cc1)C2)NC1CCOCC1. The molecule has 4 unspecified atom stereocenters. The number of fused-ring (bicyclic) bond motifs is 4. The van der Waals surface area contributed by atoms with Gasteiger partial charge in [-0.1, -0.05) is 59.6 Å². The van der Waals surface area contributed by atoms with Gasteiger partial charge in [0.05, 0.1) is 5.69 Å². The Morgan fingerprint density at radius 1 is 0.631 bits per heavy atom. The Hall–Kier alpha value is -5.31. The van der Waals surface area contributed by atoms with Gasteiger partial charge in [0.15, 0.2) is 0 Å². The van der Waals surface area contributed by atoms with Gasteiger partial charge in [0.1, 0.15) is 11.6 Å². The van der Waals surface area contributed by atoms with Gasteiger partial charge in [-0.25, -0.2) is 13.6 Å². The number of urea groups is 1. The quantitative estimate of drug-likeness (QED) is 0.108. The summed E-state index contributed by atoms with van der Waals surface area (Å²) in [5.74, 6) is -0.442. The number of rotatable bonds is 10. The van der Waals surface area contributed by atoms with E-state index in [1.807, 2.05) is 40.1 Å². The summed E-state index contributed by atoms with van der Waals surface area (Å²) in [5.41, 5.74) is 10.7. The summed E-state index contributed by atoms with van der Waals surface area (Å²) < 4.78 is 31.7. The van der Waals surface area contributed by atoms with E-state index in [1.54, 1.807) is 54.6 Å². The van der Waals surface area contributed by atoms with E-state index in [2.05, 4.69) is 20.4 Å². The van der Waals surface area contributed by atoms with Gasteiger partial charge in [-0.2, -0.15) is 0 Å². The highest BCUT2D eigenvalue weighted by Gasteiger charge is 2.43. The Morgan fingerprint density at radius 3 is 1.55 bits per heavy atom. The van der Waals surface area contributed by atoms with Crippen molar-refractivity contribution in [2.24, 2.45) is 0 Å². The molecule has 4 atom stereocenters. The second kappa shape index (κ2) is 21.3. The number of carbonyl (C=O) groups excluding carboxylic acids is 3. The number of nitrogens with zero attached hydrogens (tertiary/aromatic N) is 4. The van der Waals surface area contributed by atoms with Gasteiger partial charge in [0.2, 0.25) is 11.8 Å². The van der Waals surface area contributed by atoms with E-state index >= 15 is 0 Å². The van der Waals surface area contributed by atoms with Crippen LogP contribution in [0, 0.1) is 11.6 Å². The molecule has 342 valence electrons. The van der Waals surface area contributed by atoms with Crippen molar-refractivity contribution in [2.45, 2.75) is 81.8 Å². The first-order valence-corrected chi connectivity index (χ1v) is 23.1. The van der Waals surface area contributed by atoms with E-state index < -0.39 is 0 Å². The molecule has 0 radical (unpaired) electrons. The summed E-state index contributed by atoms with van der Waals surface area (Å²) in [6.45, 7) is 6.10. The van der Waals surface area contributed by atoms with E-state index in [4.69, 9.17) is 33.7 Å². The van der Waals surface area contributed by atoms with E-state index in [0.29, 0.717) is 40.2 Å². The van der Waals surface area contributed by atoms with Gasteiger partial charge in [-0.3, -0.25) is 19.4 Å². The summed E-state index contributed by atoms with van der Waals surface area (Å²) in [4.78, 5) is 47.4. The number of nitrogens with one attached hydrogen (secondary N) is 2. The summed E-state index contributed by atoms with van der Waals surface area (Å²) in [7, 11) is 0. The molecule has 4 aromatic rings. The number of hydrogen-bond donors (Lipinski definition) is 3. The molecular formula is C50H55Cl2F2N7O4. The first-order chi connectivity index (χ1) is 31.4. The van der Waals surface area contributed by atoms with Crippen LogP contribution in [0.2, 0.25) is 10.0 Å². The van der Waals surface area contributed by atoms with Gasteiger partial charge in [-0.15, -0.1) is 0 Å². The minimum atomic E-state index is -0.300. The highest BCUT2D eigenvalue weighted by atomic mass is 35.5. The van der Waals surface area contributed by atoms with Crippen LogP contribution in [0.5, 0.6) is 0 Å². The van der Waals surface area contributed by atoms with Gasteiger partial charge >= 0.3 is 6.03 Å². The molecule has 5 fully saturated rings. The molecule has 0 spiro atoms. The summed E-state index contributed by atoms with van der Waals surface area (Å²) in [6.07, 6.45) is 12.3. The van der Waals surface area contributed by atoms with Crippen molar-refractivity contribution in [3.63, 3.8) is 0 Å². The average Bonchev–Trinajstić information content (AvgIpc) is 3.72. The average molecular weight is 927 g/mol. The minimum absolute atomic E-state index is 0.0264. The first kappa shape index (κ1) is 46.2. The molecular weight excluding hydrogens is 871 g/mol. The van der Waals surface area contributed by atoms with E-state index in [0.717, 1.165) is 94.5 Å². The van der Waals surface area contributed by atoms with Gasteiger partial charge in [-0.05, 0) is 121 Å². The fourth-order valence-corrected chi connectivity index (χ4v) is 10.2. The molecule has 4 aromatic carbocycles. The highest BCUT2D eigenvalue weighted by molar-refractivity contribution is 6.31. The zero-order chi connectivity index (χ0) is 45.5. The number of amides is 4. The number of likely N-dealkylation sites (tertiary alicyclic amines) is 2. The number of benzene rings is 4. The zero-order valence-electron chi connectivity index (χ0n) is 36.2. The molecule has 11 nitrogen and oxygen atoms in total. The second-order valence-corrected chi connectivity index (χ2v) is 18.4. The van der Waals surface area contributed by atoms with Crippen LogP contribution in [0.25, 0.3) is 12.2 Å². The van der Waals surface area contributed by atoms with Crippen molar-refractivity contribution >= 4 is 64.6 Å². The molecule has 0 aromatic heterocycles. The number of anilines is 2. The van der Waals surface area contributed by atoms with Crippen LogP contribution in [-0.4, -0.2) is 107 Å². The molecule has 4 amide bonds. The molecule has 65 heavy (non-hydrogen) atoms. The van der Waals surface area contributed by atoms with Crippen LogP contribution in [0.3, 0.4) is 0 Å². The number of hydrogen-bond acceptors (Lipinski definition) is 7. The third kappa shape index (κ3) is 12.1. The molecule has 5 aliphatic rings. The lowest BCUT2D eigenvalue weighted by atomic mass is 10.1. The van der Waals surface area contributed by atoms with Crippen molar-refractivity contribution in [1.29, 1.82) is 0 Å². The Kier molecular flexibility index (Phi) is 15.2. The normalized spacial score (nSPS) is 22.3. The van der Waals surface area contributed by atoms with Crippen LogP contribution in [0.4, 0.5) is 25.0 Å². The Morgan fingerprint density at radius 2 is 1.08 bits per heavy atom. The summed E-state index contributed by atoms with van der Waals surface area (Å²) in [6, 6.07) is 24.3. The predicted octanol–water partition coefficient (Wildman–Crippen LogP) is 8.62. The van der Waals surface area contributed by atoms with Crippen molar-refractivity contribution in [1.82, 2.24) is 24.9 Å². The molecule has 5 saturated heterocycles. The van der Waals surface area contributed by atoms with Crippen LogP contribution in [-0.2, 0) is 27.4 Å². The van der Waals surface area contributed by atoms with Crippen molar-refractivity contribution in [3.8, 4) is 0 Å². The summed E-state index contributed by atoms with van der Waals surface area (Å²) in [5, 5.41) is 6.94. The lowest BCUT2D eigenvalue weighted by molar-refractivity contribution is -0.132. The Bertz CT molecular complexity index is 2350. The molecule has 5 aliphatic heterocycles. The van der Waals surface area contributed by atoms with Crippen LogP contribution in [0.15, 0.2) is 97.1 Å². The van der Waals surface area contributed by atoms with Crippen molar-refractivity contribution in [3.05, 3.63) is 141 Å². The maximum atomic E-state index is 13.2.